The van der Waals surface area contributed by atoms with Crippen molar-refractivity contribution in [2.45, 2.75) is 27.3 Å². The number of aryl methyl sites for hydroxylation is 1. The summed E-state index contributed by atoms with van der Waals surface area (Å²) in [5, 5.41) is 3.38. The summed E-state index contributed by atoms with van der Waals surface area (Å²) in [6.45, 7) is 12.4. The molecule has 0 aliphatic carbocycles. The Morgan fingerprint density at radius 3 is 2.62 bits per heavy atom. The minimum absolute atomic E-state index is 0.748. The second-order valence-electron chi connectivity index (χ2n) is 5.07. The molecule has 4 nitrogen and oxygen atoms in total. The summed E-state index contributed by atoms with van der Waals surface area (Å²) in [7, 11) is 1.72. The average molecular weight is 294 g/mol. The second-order valence-corrected chi connectivity index (χ2v) is 5.07. The first-order valence-electron chi connectivity index (χ1n) is 7.84. The highest BCUT2D eigenvalue weighted by atomic mass is 16.5. The fraction of sp³-hybridized carbons (Fsp3) is 0.647. The number of benzene rings is 1. The molecule has 0 spiro atoms. The largest absolute Gasteiger partial charge is 0.383 e. The van der Waals surface area contributed by atoms with Gasteiger partial charge in [-0.15, -0.1) is 0 Å². The molecule has 0 bridgehead atoms. The van der Waals surface area contributed by atoms with E-state index in [4.69, 9.17) is 9.47 Å². The van der Waals surface area contributed by atoms with Gasteiger partial charge in [-0.1, -0.05) is 12.1 Å². The Morgan fingerprint density at radius 2 is 2.00 bits per heavy atom. The fourth-order valence-electron chi connectivity index (χ4n) is 2.36. The van der Waals surface area contributed by atoms with Crippen LogP contribution in [0.15, 0.2) is 18.2 Å². The Kier molecular flexibility index (Phi) is 9.06. The molecule has 0 heterocycles. The third-order valence-electron chi connectivity index (χ3n) is 3.51. The van der Waals surface area contributed by atoms with E-state index in [2.05, 4.69) is 42.3 Å². The van der Waals surface area contributed by atoms with Gasteiger partial charge in [-0.05, 0) is 38.0 Å². The maximum absolute atomic E-state index is 5.46. The predicted octanol–water partition coefficient (Wildman–Crippen LogP) is 2.59. The van der Waals surface area contributed by atoms with Crippen LogP contribution >= 0.6 is 0 Å². The average Bonchev–Trinajstić information content (AvgIpc) is 2.49. The summed E-state index contributed by atoms with van der Waals surface area (Å²) < 4.78 is 10.5. The number of nitrogens with one attached hydrogen (secondary N) is 1. The Bertz CT molecular complexity index is 396. The van der Waals surface area contributed by atoms with Crippen LogP contribution in [0.4, 0.5) is 5.69 Å². The Morgan fingerprint density at radius 1 is 1.19 bits per heavy atom. The van der Waals surface area contributed by atoms with Crippen molar-refractivity contribution in [3.05, 3.63) is 29.3 Å². The lowest BCUT2D eigenvalue weighted by atomic mass is 10.1. The number of hydrogen-bond acceptors (Lipinski definition) is 4. The van der Waals surface area contributed by atoms with Gasteiger partial charge in [0, 0.05) is 45.6 Å². The number of nitrogens with zero attached hydrogens (tertiary/aromatic N) is 1. The molecule has 0 radical (unpaired) electrons. The molecule has 0 unspecified atom stereocenters. The van der Waals surface area contributed by atoms with Gasteiger partial charge in [-0.25, -0.2) is 0 Å². The molecule has 0 fully saturated rings. The van der Waals surface area contributed by atoms with Crippen molar-refractivity contribution in [2.24, 2.45) is 0 Å². The van der Waals surface area contributed by atoms with Gasteiger partial charge in [0.2, 0.25) is 0 Å². The minimum Gasteiger partial charge on any atom is -0.383 e. The molecule has 0 saturated heterocycles. The Hall–Kier alpha value is -1.10. The highest BCUT2D eigenvalue weighted by Crippen LogP contribution is 2.21. The van der Waals surface area contributed by atoms with Crippen molar-refractivity contribution < 1.29 is 9.47 Å². The van der Waals surface area contributed by atoms with Crippen molar-refractivity contribution in [1.82, 2.24) is 5.32 Å². The van der Waals surface area contributed by atoms with E-state index in [9.17, 15) is 0 Å². The Labute approximate surface area is 129 Å². The predicted molar refractivity (Wildman–Crippen MR) is 89.1 cm³/mol. The van der Waals surface area contributed by atoms with E-state index in [-0.39, 0.29) is 0 Å². The quantitative estimate of drug-likeness (QED) is 0.636. The van der Waals surface area contributed by atoms with Crippen LogP contribution in [-0.2, 0) is 16.0 Å². The molecule has 21 heavy (non-hydrogen) atoms. The third-order valence-corrected chi connectivity index (χ3v) is 3.51. The van der Waals surface area contributed by atoms with E-state index < -0.39 is 0 Å². The van der Waals surface area contributed by atoms with Gasteiger partial charge in [0.25, 0.3) is 0 Å². The van der Waals surface area contributed by atoms with Gasteiger partial charge in [-0.2, -0.15) is 0 Å². The lowest BCUT2D eigenvalue weighted by molar-refractivity contribution is 0.154. The van der Waals surface area contributed by atoms with Crippen LogP contribution in [0.1, 0.15) is 25.0 Å². The van der Waals surface area contributed by atoms with Crippen molar-refractivity contribution in [2.75, 3.05) is 51.5 Å². The maximum Gasteiger partial charge on any atom is 0.0641 e. The van der Waals surface area contributed by atoms with E-state index in [0.717, 1.165) is 46.0 Å². The van der Waals surface area contributed by atoms with Gasteiger partial charge >= 0.3 is 0 Å². The third kappa shape index (κ3) is 6.46. The molecule has 1 aromatic rings. The molecule has 1 rings (SSSR count). The van der Waals surface area contributed by atoms with E-state index in [0.29, 0.717) is 0 Å². The van der Waals surface area contributed by atoms with Gasteiger partial charge in [0.1, 0.15) is 0 Å². The first-order valence-corrected chi connectivity index (χ1v) is 7.84. The molecular weight excluding hydrogens is 264 g/mol. The number of methoxy groups -OCH3 is 1. The molecule has 1 N–H and O–H groups in total. The van der Waals surface area contributed by atoms with Crippen molar-refractivity contribution in [3.8, 4) is 0 Å². The molecule has 0 saturated carbocycles. The zero-order valence-corrected chi connectivity index (χ0v) is 13.9. The normalized spacial score (nSPS) is 10.9. The summed E-state index contributed by atoms with van der Waals surface area (Å²) in [6, 6.07) is 6.68. The smallest absolute Gasteiger partial charge is 0.0641 e. The molecule has 0 aliphatic rings. The van der Waals surface area contributed by atoms with E-state index in [1.165, 1.54) is 16.8 Å². The second kappa shape index (κ2) is 10.6. The van der Waals surface area contributed by atoms with Crippen molar-refractivity contribution >= 4 is 5.69 Å². The van der Waals surface area contributed by atoms with Gasteiger partial charge in [0.05, 0.1) is 13.2 Å². The first-order chi connectivity index (χ1) is 10.2. The summed E-state index contributed by atoms with van der Waals surface area (Å²) in [6.07, 6.45) is 0. The van der Waals surface area contributed by atoms with Crippen molar-refractivity contribution in [3.63, 3.8) is 0 Å². The Balaban J connectivity index is 2.58. The first kappa shape index (κ1) is 18.0. The van der Waals surface area contributed by atoms with E-state index >= 15 is 0 Å². The molecule has 4 heteroatoms. The van der Waals surface area contributed by atoms with Gasteiger partial charge < -0.3 is 19.7 Å². The number of ether oxygens (including phenoxy) is 2. The standard InChI is InChI=1S/C17H30N2O2/c1-5-19(10-12-21-6-2)17-8-7-16(13-15(17)3)14-18-9-11-20-4/h7-8,13,18H,5-6,9-12,14H2,1-4H3. The number of hydrogen-bond donors (Lipinski definition) is 1. The summed E-state index contributed by atoms with van der Waals surface area (Å²) in [4.78, 5) is 2.37. The number of likely N-dealkylation sites (N-methyl/N-ethyl adjacent to an activating group) is 1. The van der Waals surface area contributed by atoms with Gasteiger partial charge in [0.15, 0.2) is 0 Å². The lowest BCUT2D eigenvalue weighted by Crippen LogP contribution is -2.28. The van der Waals surface area contributed by atoms with Gasteiger partial charge in [-0.3, -0.25) is 0 Å². The van der Waals surface area contributed by atoms with Crippen molar-refractivity contribution in [1.29, 1.82) is 0 Å². The SMILES string of the molecule is CCOCCN(CC)c1ccc(CNCCOC)cc1C. The van der Waals surface area contributed by atoms with E-state index in [1.54, 1.807) is 7.11 Å². The molecule has 0 amide bonds. The zero-order chi connectivity index (χ0) is 15.5. The summed E-state index contributed by atoms with van der Waals surface area (Å²) in [5.41, 5.74) is 3.94. The molecular formula is C17H30N2O2. The van der Waals surface area contributed by atoms with Crippen LogP contribution in [0.2, 0.25) is 0 Å². The molecule has 0 atom stereocenters. The van der Waals surface area contributed by atoms with Crippen LogP contribution in [0, 0.1) is 6.92 Å². The highest BCUT2D eigenvalue weighted by Gasteiger charge is 2.08. The summed E-state index contributed by atoms with van der Waals surface area (Å²) in [5.74, 6) is 0. The number of rotatable bonds is 11. The van der Waals surface area contributed by atoms with Crippen LogP contribution < -0.4 is 10.2 Å². The highest BCUT2D eigenvalue weighted by molar-refractivity contribution is 5.54. The molecule has 0 aromatic heterocycles. The summed E-state index contributed by atoms with van der Waals surface area (Å²) >= 11 is 0. The number of anilines is 1. The van der Waals surface area contributed by atoms with Crippen LogP contribution in [0.3, 0.4) is 0 Å². The topological polar surface area (TPSA) is 33.7 Å². The molecule has 1 aromatic carbocycles. The van der Waals surface area contributed by atoms with Crippen LogP contribution in [-0.4, -0.2) is 46.6 Å². The monoisotopic (exact) mass is 294 g/mol. The molecule has 120 valence electrons. The maximum atomic E-state index is 5.46. The minimum atomic E-state index is 0.748. The van der Waals surface area contributed by atoms with E-state index in [1.807, 2.05) is 6.92 Å². The zero-order valence-electron chi connectivity index (χ0n) is 13.9. The molecule has 0 aliphatic heterocycles. The van der Waals surface area contributed by atoms with Crippen LogP contribution in [0.5, 0.6) is 0 Å². The van der Waals surface area contributed by atoms with Crippen LogP contribution in [0.25, 0.3) is 0 Å². The lowest BCUT2D eigenvalue weighted by Gasteiger charge is -2.25. The fourth-order valence-corrected chi connectivity index (χ4v) is 2.36.